The van der Waals surface area contributed by atoms with Gasteiger partial charge in [0.1, 0.15) is 19.3 Å². The van der Waals surface area contributed by atoms with Crippen LogP contribution in [0.3, 0.4) is 0 Å². The zero-order chi connectivity index (χ0) is 61.8. The fourth-order valence-corrected chi connectivity index (χ4v) is 11.0. The first-order valence-corrected chi connectivity index (χ1v) is 36.2. The minimum Gasteiger partial charge on any atom is -0.462 e. The summed E-state index contributed by atoms with van der Waals surface area (Å²) in [6, 6.07) is 0. The van der Waals surface area contributed by atoms with Gasteiger partial charge in [0.25, 0.3) is 0 Å². The van der Waals surface area contributed by atoms with Gasteiger partial charge in [0.15, 0.2) is 12.2 Å². The van der Waals surface area contributed by atoms with Crippen molar-refractivity contribution in [3.8, 4) is 0 Å². The molecule has 0 radical (unpaired) electrons. The molecular weight excluding hydrogens is 1100 g/mol. The molecule has 0 aliphatic rings. The van der Waals surface area contributed by atoms with E-state index < -0.39 is 97.5 Å². The summed E-state index contributed by atoms with van der Waals surface area (Å²) < 4.78 is 68.0. The lowest BCUT2D eigenvalue weighted by molar-refractivity contribution is -0.161. The number of phosphoric ester groups is 2. The van der Waals surface area contributed by atoms with Crippen LogP contribution < -0.4 is 0 Å². The Bertz CT molecular complexity index is 1660. The summed E-state index contributed by atoms with van der Waals surface area (Å²) in [6.07, 6.45) is 33.7. The number of carbonyl (C=O) groups is 4. The van der Waals surface area contributed by atoms with E-state index in [1.54, 1.807) is 0 Å². The van der Waals surface area contributed by atoms with Gasteiger partial charge in [0.2, 0.25) is 0 Å². The highest BCUT2D eigenvalue weighted by Crippen LogP contribution is 2.45. The Balaban J connectivity index is 5.25. The SMILES string of the molecule is CC(C)CCCCCCCCCCCC(=O)O[C@H](COC(=O)CCCCCCCCCC(C)C)COP(=O)(O)OCC(O)COP(=O)(O)OC[C@@H](COC(=O)CCCCCCCCCCC(C)C)OC(=O)CCCCCCCCCC(C)C. The lowest BCUT2D eigenvalue weighted by atomic mass is 10.0. The molecule has 3 N–H and O–H groups in total. The molecule has 3 unspecified atom stereocenters. The maximum Gasteiger partial charge on any atom is 0.472 e. The number of phosphoric acid groups is 2. The molecule has 0 aromatic carbocycles. The second-order valence-corrected chi connectivity index (χ2v) is 28.0. The number of hydrogen-bond donors (Lipinski definition) is 3. The molecule has 0 heterocycles. The summed E-state index contributed by atoms with van der Waals surface area (Å²) in [5.41, 5.74) is 0. The highest BCUT2D eigenvalue weighted by molar-refractivity contribution is 7.47. The first kappa shape index (κ1) is 81.1. The van der Waals surface area contributed by atoms with Crippen molar-refractivity contribution in [2.24, 2.45) is 23.7 Å². The lowest BCUT2D eigenvalue weighted by Crippen LogP contribution is -2.30. The van der Waals surface area contributed by atoms with Gasteiger partial charge in [0.05, 0.1) is 26.4 Å². The summed E-state index contributed by atoms with van der Waals surface area (Å²) in [7, 11) is -9.89. The number of esters is 4. The topological polar surface area (TPSA) is 237 Å². The van der Waals surface area contributed by atoms with Crippen LogP contribution in [-0.4, -0.2) is 96.7 Å². The summed E-state index contributed by atoms with van der Waals surface area (Å²) in [5, 5.41) is 10.5. The zero-order valence-electron chi connectivity index (χ0n) is 53.8. The van der Waals surface area contributed by atoms with Gasteiger partial charge in [-0.3, -0.25) is 37.3 Å². The predicted octanol–water partition coefficient (Wildman–Crippen LogP) is 17.4. The van der Waals surface area contributed by atoms with Crippen molar-refractivity contribution in [1.82, 2.24) is 0 Å². The smallest absolute Gasteiger partial charge is 0.462 e. The number of aliphatic hydroxyl groups is 1. The van der Waals surface area contributed by atoms with Gasteiger partial charge >= 0.3 is 39.5 Å². The maximum atomic E-state index is 13.0. The second kappa shape index (κ2) is 54.2. The summed E-state index contributed by atoms with van der Waals surface area (Å²) in [5.74, 6) is 0.722. The van der Waals surface area contributed by atoms with Crippen molar-refractivity contribution < 1.29 is 80.2 Å². The Labute approximate surface area is 505 Å². The van der Waals surface area contributed by atoms with Crippen LogP contribution in [0, 0.1) is 23.7 Å². The second-order valence-electron chi connectivity index (χ2n) is 25.1. The molecule has 0 fully saturated rings. The molecule has 0 saturated carbocycles. The predicted molar refractivity (Wildman–Crippen MR) is 331 cm³/mol. The molecule has 0 aromatic rings. The van der Waals surface area contributed by atoms with Crippen LogP contribution in [0.1, 0.15) is 306 Å². The van der Waals surface area contributed by atoms with E-state index in [9.17, 15) is 43.2 Å². The molecule has 0 rings (SSSR count). The van der Waals surface area contributed by atoms with E-state index in [1.807, 2.05) is 0 Å². The molecule has 17 nitrogen and oxygen atoms in total. The van der Waals surface area contributed by atoms with E-state index in [2.05, 4.69) is 55.4 Å². The molecule has 0 bridgehead atoms. The molecule has 0 spiro atoms. The normalized spacial score (nSPS) is 14.4. The molecule has 0 amide bonds. The Morgan fingerprint density at radius 3 is 0.747 bits per heavy atom. The van der Waals surface area contributed by atoms with Crippen molar-refractivity contribution in [2.45, 2.75) is 324 Å². The Hall–Kier alpha value is -1.94. The van der Waals surface area contributed by atoms with Crippen molar-refractivity contribution in [2.75, 3.05) is 39.6 Å². The van der Waals surface area contributed by atoms with Crippen molar-refractivity contribution in [3.05, 3.63) is 0 Å². The van der Waals surface area contributed by atoms with Crippen LogP contribution in [0.2, 0.25) is 0 Å². The number of hydrogen-bond acceptors (Lipinski definition) is 15. The minimum absolute atomic E-state index is 0.102. The monoisotopic (exact) mass is 1230 g/mol. The van der Waals surface area contributed by atoms with Gasteiger partial charge in [-0.1, -0.05) is 254 Å². The molecule has 0 aromatic heterocycles. The van der Waals surface area contributed by atoms with E-state index in [1.165, 1.54) is 103 Å². The van der Waals surface area contributed by atoms with E-state index in [4.69, 9.17) is 37.0 Å². The third-order valence-corrected chi connectivity index (χ3v) is 16.5. The Morgan fingerprint density at radius 2 is 0.506 bits per heavy atom. The molecular formula is C64H124O17P2. The molecule has 19 heteroatoms. The van der Waals surface area contributed by atoms with Crippen LogP contribution in [0.4, 0.5) is 0 Å². The van der Waals surface area contributed by atoms with Crippen molar-refractivity contribution in [3.63, 3.8) is 0 Å². The molecule has 0 aliphatic carbocycles. The average Bonchev–Trinajstić information content (AvgIpc) is 3.42. The maximum absolute atomic E-state index is 13.0. The first-order valence-electron chi connectivity index (χ1n) is 33.2. The van der Waals surface area contributed by atoms with Crippen LogP contribution in [0.5, 0.6) is 0 Å². The highest BCUT2D eigenvalue weighted by atomic mass is 31.2. The number of aliphatic hydroxyl groups excluding tert-OH is 1. The fourth-order valence-electron chi connectivity index (χ4n) is 9.43. The lowest BCUT2D eigenvalue weighted by Gasteiger charge is -2.21. The largest absolute Gasteiger partial charge is 0.472 e. The highest BCUT2D eigenvalue weighted by Gasteiger charge is 2.30. The molecule has 83 heavy (non-hydrogen) atoms. The van der Waals surface area contributed by atoms with Gasteiger partial charge in [-0.2, -0.15) is 0 Å². The van der Waals surface area contributed by atoms with Crippen molar-refractivity contribution in [1.29, 1.82) is 0 Å². The van der Waals surface area contributed by atoms with E-state index in [-0.39, 0.29) is 25.7 Å². The van der Waals surface area contributed by atoms with Gasteiger partial charge in [-0.05, 0) is 49.4 Å². The molecule has 0 saturated heterocycles. The number of carbonyl (C=O) groups excluding carboxylic acids is 4. The summed E-state index contributed by atoms with van der Waals surface area (Å²) >= 11 is 0. The van der Waals surface area contributed by atoms with Crippen LogP contribution in [0.25, 0.3) is 0 Å². The third kappa shape index (κ3) is 58.8. The van der Waals surface area contributed by atoms with Gasteiger partial charge in [-0.15, -0.1) is 0 Å². The van der Waals surface area contributed by atoms with Gasteiger partial charge < -0.3 is 33.8 Å². The number of ether oxygens (including phenoxy) is 4. The Kier molecular flexibility index (Phi) is 53.0. The summed E-state index contributed by atoms with van der Waals surface area (Å²) in [4.78, 5) is 72.2. The van der Waals surface area contributed by atoms with E-state index in [0.29, 0.717) is 37.5 Å². The zero-order valence-corrected chi connectivity index (χ0v) is 55.6. The van der Waals surface area contributed by atoms with Gasteiger partial charge in [-0.25, -0.2) is 9.13 Å². The summed E-state index contributed by atoms with van der Waals surface area (Å²) in [6.45, 7) is 13.9. The van der Waals surface area contributed by atoms with Crippen LogP contribution in [-0.2, 0) is 65.4 Å². The standard InChI is InChI=1S/C64H124O17P2/c1-54(2)40-32-24-16-10-9-11-21-30-38-46-63(68)80-59(51-75-62(67)45-37-29-22-14-18-26-34-42-56(5)6)52-78-82(70,71)76-48-58(65)49-77-83(72,73)79-53-60(81-64(69)47-39-31-23-15-19-27-35-43-57(7)8)50-74-61(66)44-36-28-20-13-12-17-25-33-41-55(3)4/h54-60,65H,9-53H2,1-8H3,(H,70,71)(H,72,73)/t58?,59-,60-/m1/s1. The quantitative estimate of drug-likeness (QED) is 0.0222. The van der Waals surface area contributed by atoms with Gasteiger partial charge in [0, 0.05) is 25.7 Å². The van der Waals surface area contributed by atoms with Crippen LogP contribution >= 0.6 is 15.6 Å². The number of rotatable bonds is 61. The average molecular weight is 1230 g/mol. The van der Waals surface area contributed by atoms with Crippen molar-refractivity contribution >= 4 is 39.5 Å². The molecule has 492 valence electrons. The fraction of sp³-hybridized carbons (Fsp3) is 0.938. The third-order valence-electron chi connectivity index (χ3n) is 14.6. The molecule has 0 aliphatic heterocycles. The minimum atomic E-state index is -4.94. The Morgan fingerprint density at radius 1 is 0.301 bits per heavy atom. The van der Waals surface area contributed by atoms with E-state index in [0.717, 1.165) is 108 Å². The van der Waals surface area contributed by atoms with Crippen LogP contribution in [0.15, 0.2) is 0 Å². The number of unbranched alkanes of at least 4 members (excludes halogenated alkanes) is 27. The van der Waals surface area contributed by atoms with E-state index >= 15 is 0 Å². The molecule has 5 atom stereocenters. The first-order chi connectivity index (χ1) is 39.6.